The molecule has 0 saturated carbocycles. The van der Waals surface area contributed by atoms with Gasteiger partial charge in [0.25, 0.3) is 5.91 Å². The first kappa shape index (κ1) is 22.1. The lowest BCUT2D eigenvalue weighted by molar-refractivity contribution is -0.139. The molecule has 3 aromatic rings. The molecule has 7 heteroatoms. The molecule has 176 valence electrons. The summed E-state index contributed by atoms with van der Waals surface area (Å²) in [6.45, 7) is 6.89. The number of rotatable bonds is 5. The highest BCUT2D eigenvalue weighted by molar-refractivity contribution is 6.11. The van der Waals surface area contributed by atoms with Crippen LogP contribution in [0.3, 0.4) is 0 Å². The molecule has 0 bridgehead atoms. The summed E-state index contributed by atoms with van der Waals surface area (Å²) >= 11 is 0. The van der Waals surface area contributed by atoms with Gasteiger partial charge in [-0.1, -0.05) is 26.0 Å². The molecule has 7 nitrogen and oxygen atoms in total. The largest absolute Gasteiger partial charge is 0.497 e. The third-order valence-electron chi connectivity index (χ3n) is 6.63. The van der Waals surface area contributed by atoms with Crippen molar-refractivity contribution in [1.29, 1.82) is 0 Å². The van der Waals surface area contributed by atoms with Gasteiger partial charge in [-0.05, 0) is 29.7 Å². The lowest BCUT2D eigenvalue weighted by atomic mass is 9.84. The molecule has 2 aromatic carbocycles. The minimum atomic E-state index is -0.403. The summed E-state index contributed by atoms with van der Waals surface area (Å²) in [5.41, 5.74) is 5.27. The van der Waals surface area contributed by atoms with Crippen molar-refractivity contribution >= 4 is 28.4 Å². The van der Waals surface area contributed by atoms with Crippen LogP contribution >= 0.6 is 0 Å². The summed E-state index contributed by atoms with van der Waals surface area (Å²) in [5, 5.41) is 4.60. The second-order valence-electron chi connectivity index (χ2n) is 9.30. The average molecular weight is 460 g/mol. The molecule has 2 amide bonds. The molecule has 3 heterocycles. The summed E-state index contributed by atoms with van der Waals surface area (Å²) in [4.78, 5) is 27.2. The first-order valence-electron chi connectivity index (χ1n) is 11.5. The number of benzene rings is 2. The summed E-state index contributed by atoms with van der Waals surface area (Å²) in [6.07, 6.45) is 2.16. The van der Waals surface area contributed by atoms with E-state index < -0.39 is 5.92 Å². The molecular weight excluding hydrogens is 430 g/mol. The van der Waals surface area contributed by atoms with Crippen LogP contribution in [-0.2, 0) is 16.1 Å². The summed E-state index contributed by atoms with van der Waals surface area (Å²) in [5.74, 6) is 0.821. The fourth-order valence-electron chi connectivity index (χ4n) is 5.20. The fourth-order valence-corrected chi connectivity index (χ4v) is 5.20. The topological polar surface area (TPSA) is 72.8 Å². The Labute approximate surface area is 198 Å². The minimum Gasteiger partial charge on any atom is -0.497 e. The Balaban J connectivity index is 1.81. The van der Waals surface area contributed by atoms with E-state index in [0.717, 1.165) is 40.0 Å². The summed E-state index contributed by atoms with van der Waals surface area (Å²) in [7, 11) is 3.23. The van der Waals surface area contributed by atoms with Crippen LogP contribution in [0, 0.1) is 5.92 Å². The number of imide groups is 1. The lowest BCUT2D eigenvalue weighted by Crippen LogP contribution is -2.33. The van der Waals surface area contributed by atoms with E-state index in [1.54, 1.807) is 14.2 Å². The number of nitrogens with zero attached hydrogens (tertiary/aromatic N) is 2. The molecule has 1 aromatic heterocycles. The van der Waals surface area contributed by atoms with E-state index in [9.17, 15) is 9.59 Å². The summed E-state index contributed by atoms with van der Waals surface area (Å²) < 4.78 is 13.4. The molecular formula is C27H29N3O4. The Morgan fingerprint density at radius 1 is 1.15 bits per heavy atom. The van der Waals surface area contributed by atoms with Crippen LogP contribution < -0.4 is 14.8 Å². The molecule has 1 N–H and O–H groups in total. The monoisotopic (exact) mass is 459 g/mol. The van der Waals surface area contributed by atoms with Crippen LogP contribution in [0.2, 0.25) is 0 Å². The van der Waals surface area contributed by atoms with Gasteiger partial charge in [-0.15, -0.1) is 0 Å². The molecule has 0 aliphatic carbocycles. The van der Waals surface area contributed by atoms with Crippen LogP contribution in [-0.4, -0.2) is 42.0 Å². The Morgan fingerprint density at radius 3 is 2.62 bits per heavy atom. The first-order valence-corrected chi connectivity index (χ1v) is 11.5. The van der Waals surface area contributed by atoms with E-state index in [4.69, 9.17) is 9.47 Å². The number of carbonyl (C=O) groups excluding carboxylic acids is 2. The van der Waals surface area contributed by atoms with E-state index in [0.29, 0.717) is 23.0 Å². The maximum absolute atomic E-state index is 13.6. The number of aromatic nitrogens is 1. The second-order valence-corrected chi connectivity index (χ2v) is 9.30. The number of amides is 2. The number of methoxy groups -OCH3 is 2. The zero-order chi connectivity index (χ0) is 24.1. The Hall–Kier alpha value is -3.74. The van der Waals surface area contributed by atoms with E-state index in [2.05, 4.69) is 36.0 Å². The quantitative estimate of drug-likeness (QED) is 0.608. The second kappa shape index (κ2) is 8.24. The zero-order valence-electron chi connectivity index (χ0n) is 20.1. The van der Waals surface area contributed by atoms with Crippen LogP contribution in [0.4, 0.5) is 5.69 Å². The van der Waals surface area contributed by atoms with E-state index in [1.807, 2.05) is 30.3 Å². The van der Waals surface area contributed by atoms with Crippen LogP contribution in [0.1, 0.15) is 37.8 Å². The maximum Gasteiger partial charge on any atom is 0.259 e. The SMILES string of the molecule is COc1ccc(C2C3=C(CN(C(C)=O)C3=O)Nc3cccc4c3c2cn4CC(C)C)c(OC)c1. The third kappa shape index (κ3) is 3.34. The number of nitrogens with one attached hydrogen (secondary N) is 1. The van der Waals surface area contributed by atoms with Crippen molar-refractivity contribution in [3.8, 4) is 11.5 Å². The highest BCUT2D eigenvalue weighted by Gasteiger charge is 2.42. The normalized spacial score (nSPS) is 17.2. The number of ether oxygens (including phenoxy) is 2. The highest BCUT2D eigenvalue weighted by atomic mass is 16.5. The molecule has 0 saturated heterocycles. The average Bonchev–Trinajstić information content (AvgIpc) is 3.28. The van der Waals surface area contributed by atoms with Crippen molar-refractivity contribution in [3.05, 3.63) is 65.0 Å². The Morgan fingerprint density at radius 2 is 1.94 bits per heavy atom. The van der Waals surface area contributed by atoms with Crippen LogP contribution in [0.25, 0.3) is 10.9 Å². The maximum atomic E-state index is 13.6. The van der Waals surface area contributed by atoms with Crippen molar-refractivity contribution < 1.29 is 19.1 Å². The van der Waals surface area contributed by atoms with Crippen LogP contribution in [0.15, 0.2) is 53.9 Å². The van der Waals surface area contributed by atoms with Crippen molar-refractivity contribution in [3.63, 3.8) is 0 Å². The van der Waals surface area contributed by atoms with Gasteiger partial charge in [0.05, 0.1) is 31.9 Å². The molecule has 5 rings (SSSR count). The van der Waals surface area contributed by atoms with Gasteiger partial charge < -0.3 is 19.4 Å². The molecule has 1 atom stereocenters. The Bertz CT molecular complexity index is 1350. The van der Waals surface area contributed by atoms with Crippen molar-refractivity contribution in [2.45, 2.75) is 33.2 Å². The minimum absolute atomic E-state index is 0.227. The van der Waals surface area contributed by atoms with Gasteiger partial charge in [0.15, 0.2) is 0 Å². The summed E-state index contributed by atoms with van der Waals surface area (Å²) in [6, 6.07) is 11.9. The third-order valence-corrected chi connectivity index (χ3v) is 6.63. The molecule has 34 heavy (non-hydrogen) atoms. The van der Waals surface area contributed by atoms with E-state index in [1.165, 1.54) is 11.8 Å². The van der Waals surface area contributed by atoms with E-state index in [-0.39, 0.29) is 18.4 Å². The molecule has 0 spiro atoms. The number of carbonyl (C=O) groups is 2. The highest BCUT2D eigenvalue weighted by Crippen LogP contribution is 2.49. The van der Waals surface area contributed by atoms with Gasteiger partial charge in [-0.2, -0.15) is 0 Å². The first-order chi connectivity index (χ1) is 16.3. The lowest BCUT2D eigenvalue weighted by Gasteiger charge is -2.22. The van der Waals surface area contributed by atoms with Crippen LogP contribution in [0.5, 0.6) is 11.5 Å². The predicted molar refractivity (Wildman–Crippen MR) is 131 cm³/mol. The van der Waals surface area contributed by atoms with Gasteiger partial charge >= 0.3 is 0 Å². The Kier molecular flexibility index (Phi) is 5.35. The van der Waals surface area contributed by atoms with Crippen molar-refractivity contribution in [2.75, 3.05) is 26.1 Å². The standard InChI is InChI=1S/C27H29N3O4/c1-15(2)12-29-13-19-24(18-10-9-17(33-4)11-23(18)34-5)26-21(14-30(16(3)31)27(26)32)28-20-7-6-8-22(29)25(19)20/h6-11,13,15,24,28H,12,14H2,1-5H3. The molecule has 2 aliphatic heterocycles. The van der Waals surface area contributed by atoms with Crippen molar-refractivity contribution in [1.82, 2.24) is 9.47 Å². The van der Waals surface area contributed by atoms with Gasteiger partial charge in [0, 0.05) is 54.0 Å². The zero-order valence-corrected chi connectivity index (χ0v) is 20.1. The van der Waals surface area contributed by atoms with Crippen molar-refractivity contribution in [2.24, 2.45) is 5.92 Å². The number of anilines is 1. The molecule has 1 unspecified atom stereocenters. The fraction of sp³-hybridized carbons (Fsp3) is 0.333. The van der Waals surface area contributed by atoms with Gasteiger partial charge in [-0.3, -0.25) is 14.5 Å². The number of hydrogen-bond donors (Lipinski definition) is 1. The van der Waals surface area contributed by atoms with Gasteiger partial charge in [-0.25, -0.2) is 0 Å². The molecule has 0 fully saturated rings. The predicted octanol–water partition coefficient (Wildman–Crippen LogP) is 4.51. The smallest absolute Gasteiger partial charge is 0.259 e. The van der Waals surface area contributed by atoms with Gasteiger partial charge in [0.2, 0.25) is 5.91 Å². The van der Waals surface area contributed by atoms with E-state index >= 15 is 0 Å². The number of hydrogen-bond acceptors (Lipinski definition) is 5. The molecule has 2 aliphatic rings. The molecule has 0 radical (unpaired) electrons. The van der Waals surface area contributed by atoms with Gasteiger partial charge in [0.1, 0.15) is 11.5 Å².